The van der Waals surface area contributed by atoms with Gasteiger partial charge >= 0.3 is 0 Å². The molecule has 0 heterocycles. The molecule has 0 saturated heterocycles. The average Bonchev–Trinajstić information content (AvgIpc) is 3.31. The van der Waals surface area contributed by atoms with Crippen molar-refractivity contribution >= 4 is 5.69 Å². The molecule has 0 spiro atoms. The summed E-state index contributed by atoms with van der Waals surface area (Å²) in [7, 11) is 0. The van der Waals surface area contributed by atoms with Gasteiger partial charge in [-0.15, -0.1) is 0 Å². The summed E-state index contributed by atoms with van der Waals surface area (Å²) in [6, 6.07) is 17.3. The molecular formula is C18H21NO. The largest absolute Gasteiger partial charge is 0.392 e. The Morgan fingerprint density at radius 3 is 2.25 bits per heavy atom. The number of benzene rings is 2. The van der Waals surface area contributed by atoms with Crippen LogP contribution in [0.1, 0.15) is 35.6 Å². The third kappa shape index (κ3) is 3.02. The molecule has 2 aromatic rings. The molecule has 0 amide bonds. The molecule has 2 heteroatoms. The minimum Gasteiger partial charge on any atom is -0.392 e. The molecule has 0 bridgehead atoms. The molecule has 2 N–H and O–H groups in total. The zero-order chi connectivity index (χ0) is 13.9. The van der Waals surface area contributed by atoms with Crippen LogP contribution in [0.2, 0.25) is 0 Å². The maximum Gasteiger partial charge on any atom is 0.0681 e. The standard InChI is InChI=1S/C18H21NO/c1-13-2-6-15(7-3-13)18(16-8-9-16)19-17-10-4-14(12-20)5-11-17/h2-7,10-11,16,18-20H,8-9,12H2,1H3. The zero-order valence-electron chi connectivity index (χ0n) is 11.8. The lowest BCUT2D eigenvalue weighted by atomic mass is 10.0. The van der Waals surface area contributed by atoms with Crippen LogP contribution in [0, 0.1) is 12.8 Å². The van der Waals surface area contributed by atoms with Gasteiger partial charge in [0.25, 0.3) is 0 Å². The van der Waals surface area contributed by atoms with Crippen molar-refractivity contribution in [1.29, 1.82) is 0 Å². The number of rotatable bonds is 5. The lowest BCUT2D eigenvalue weighted by Crippen LogP contribution is -2.12. The van der Waals surface area contributed by atoms with Crippen LogP contribution in [0.5, 0.6) is 0 Å². The Hall–Kier alpha value is -1.80. The van der Waals surface area contributed by atoms with Gasteiger partial charge < -0.3 is 10.4 Å². The Bertz CT molecular complexity index is 555. The number of nitrogens with one attached hydrogen (secondary N) is 1. The number of anilines is 1. The molecular weight excluding hydrogens is 246 g/mol. The second kappa shape index (κ2) is 5.68. The third-order valence-electron chi connectivity index (χ3n) is 3.99. The highest BCUT2D eigenvalue weighted by molar-refractivity contribution is 5.47. The number of hydrogen-bond acceptors (Lipinski definition) is 2. The monoisotopic (exact) mass is 267 g/mol. The first-order valence-corrected chi connectivity index (χ1v) is 7.29. The molecule has 2 aromatic carbocycles. The molecule has 0 aromatic heterocycles. The smallest absolute Gasteiger partial charge is 0.0681 e. The van der Waals surface area contributed by atoms with Crippen LogP contribution in [-0.2, 0) is 6.61 Å². The Labute approximate surface area is 120 Å². The summed E-state index contributed by atoms with van der Waals surface area (Å²) in [6.45, 7) is 2.22. The van der Waals surface area contributed by atoms with E-state index in [1.54, 1.807) is 0 Å². The zero-order valence-corrected chi connectivity index (χ0v) is 11.8. The summed E-state index contributed by atoms with van der Waals surface area (Å²) in [5, 5.41) is 12.7. The van der Waals surface area contributed by atoms with Gasteiger partial charge in [-0.05, 0) is 48.9 Å². The van der Waals surface area contributed by atoms with E-state index in [0.717, 1.165) is 17.2 Å². The van der Waals surface area contributed by atoms with Crippen LogP contribution in [0.3, 0.4) is 0 Å². The highest BCUT2D eigenvalue weighted by Gasteiger charge is 2.32. The maximum atomic E-state index is 9.09. The lowest BCUT2D eigenvalue weighted by Gasteiger charge is -2.20. The molecule has 3 rings (SSSR count). The predicted molar refractivity (Wildman–Crippen MR) is 82.6 cm³/mol. The van der Waals surface area contributed by atoms with Gasteiger partial charge in [0, 0.05) is 5.69 Å². The summed E-state index contributed by atoms with van der Waals surface area (Å²) < 4.78 is 0. The fourth-order valence-electron chi connectivity index (χ4n) is 2.56. The first-order valence-electron chi connectivity index (χ1n) is 7.29. The van der Waals surface area contributed by atoms with E-state index >= 15 is 0 Å². The van der Waals surface area contributed by atoms with E-state index in [1.165, 1.54) is 24.0 Å². The number of aryl methyl sites for hydroxylation is 1. The highest BCUT2D eigenvalue weighted by Crippen LogP contribution is 2.42. The van der Waals surface area contributed by atoms with Crippen molar-refractivity contribution in [3.8, 4) is 0 Å². The van der Waals surface area contributed by atoms with E-state index in [4.69, 9.17) is 5.11 Å². The van der Waals surface area contributed by atoms with E-state index in [9.17, 15) is 0 Å². The van der Waals surface area contributed by atoms with Gasteiger partial charge in [0.1, 0.15) is 0 Å². The first kappa shape index (κ1) is 13.2. The van der Waals surface area contributed by atoms with Crippen LogP contribution < -0.4 is 5.32 Å². The van der Waals surface area contributed by atoms with Gasteiger partial charge in [0.2, 0.25) is 0 Å². The Balaban J connectivity index is 1.78. The van der Waals surface area contributed by atoms with Crippen molar-refractivity contribution in [2.45, 2.75) is 32.4 Å². The molecule has 0 aliphatic heterocycles. The lowest BCUT2D eigenvalue weighted by molar-refractivity contribution is 0.282. The van der Waals surface area contributed by atoms with Crippen molar-refractivity contribution in [3.05, 3.63) is 65.2 Å². The molecule has 0 radical (unpaired) electrons. The van der Waals surface area contributed by atoms with E-state index in [2.05, 4.69) is 48.6 Å². The van der Waals surface area contributed by atoms with Gasteiger partial charge in [0.15, 0.2) is 0 Å². The van der Waals surface area contributed by atoms with Crippen molar-refractivity contribution < 1.29 is 5.11 Å². The van der Waals surface area contributed by atoms with Crippen LogP contribution >= 0.6 is 0 Å². The summed E-state index contributed by atoms with van der Waals surface area (Å²) in [4.78, 5) is 0. The SMILES string of the molecule is Cc1ccc(C(Nc2ccc(CO)cc2)C2CC2)cc1. The van der Waals surface area contributed by atoms with Crippen molar-refractivity contribution in [1.82, 2.24) is 0 Å². The molecule has 1 saturated carbocycles. The quantitative estimate of drug-likeness (QED) is 0.856. The van der Waals surface area contributed by atoms with Crippen molar-refractivity contribution in [2.24, 2.45) is 5.92 Å². The van der Waals surface area contributed by atoms with E-state index in [0.29, 0.717) is 6.04 Å². The fourth-order valence-corrected chi connectivity index (χ4v) is 2.56. The summed E-state index contributed by atoms with van der Waals surface area (Å²) >= 11 is 0. The normalized spacial score (nSPS) is 15.9. The third-order valence-corrected chi connectivity index (χ3v) is 3.99. The molecule has 1 unspecified atom stereocenters. The molecule has 20 heavy (non-hydrogen) atoms. The van der Waals surface area contributed by atoms with Gasteiger partial charge in [-0.3, -0.25) is 0 Å². The van der Waals surface area contributed by atoms with E-state index < -0.39 is 0 Å². The van der Waals surface area contributed by atoms with Gasteiger partial charge in [-0.25, -0.2) is 0 Å². The summed E-state index contributed by atoms with van der Waals surface area (Å²) in [6.07, 6.45) is 2.61. The van der Waals surface area contributed by atoms with Gasteiger partial charge in [0.05, 0.1) is 12.6 Å². The summed E-state index contributed by atoms with van der Waals surface area (Å²) in [5.41, 5.74) is 4.74. The molecule has 1 aliphatic rings. The average molecular weight is 267 g/mol. The molecule has 1 atom stereocenters. The van der Waals surface area contributed by atoms with Crippen molar-refractivity contribution in [3.63, 3.8) is 0 Å². The van der Waals surface area contributed by atoms with E-state index in [-0.39, 0.29) is 6.61 Å². The van der Waals surface area contributed by atoms with Gasteiger partial charge in [-0.1, -0.05) is 42.0 Å². The second-order valence-electron chi connectivity index (χ2n) is 5.73. The first-order chi connectivity index (χ1) is 9.76. The maximum absolute atomic E-state index is 9.09. The predicted octanol–water partition coefficient (Wildman–Crippen LogP) is 4.05. The van der Waals surface area contributed by atoms with Crippen LogP contribution in [0.15, 0.2) is 48.5 Å². The van der Waals surface area contributed by atoms with Gasteiger partial charge in [-0.2, -0.15) is 0 Å². The van der Waals surface area contributed by atoms with Crippen LogP contribution in [0.25, 0.3) is 0 Å². The number of aliphatic hydroxyl groups excluding tert-OH is 1. The Kier molecular flexibility index (Phi) is 3.75. The topological polar surface area (TPSA) is 32.3 Å². The molecule has 1 aliphatic carbocycles. The number of hydrogen-bond donors (Lipinski definition) is 2. The Morgan fingerprint density at radius 1 is 1.05 bits per heavy atom. The van der Waals surface area contributed by atoms with Crippen LogP contribution in [0.4, 0.5) is 5.69 Å². The minimum atomic E-state index is 0.101. The molecule has 1 fully saturated rings. The highest BCUT2D eigenvalue weighted by atomic mass is 16.3. The fraction of sp³-hybridized carbons (Fsp3) is 0.333. The Morgan fingerprint density at radius 2 is 1.70 bits per heavy atom. The van der Waals surface area contributed by atoms with Crippen LogP contribution in [-0.4, -0.2) is 5.11 Å². The second-order valence-corrected chi connectivity index (χ2v) is 5.73. The molecule has 104 valence electrons. The molecule has 2 nitrogen and oxygen atoms in total. The van der Waals surface area contributed by atoms with E-state index in [1.807, 2.05) is 12.1 Å². The van der Waals surface area contributed by atoms with Crippen molar-refractivity contribution in [2.75, 3.05) is 5.32 Å². The minimum absolute atomic E-state index is 0.101. The number of aliphatic hydroxyl groups is 1. The summed E-state index contributed by atoms with van der Waals surface area (Å²) in [5.74, 6) is 0.746.